The summed E-state index contributed by atoms with van der Waals surface area (Å²) in [5.74, 6) is -0.797. The van der Waals surface area contributed by atoms with Crippen LogP contribution in [0.3, 0.4) is 0 Å². The SMILES string of the molecule is CC(C)N(CC#N)C(=O)[C@H](C)N1CC[C@H](NS(=O)(=O)c2ccc3cc(Cl)ccc3c2)C1=O.O=CO. The number of nitrogens with one attached hydrogen (secondary N) is 1. The minimum atomic E-state index is -3.95. The number of benzene rings is 2. The molecule has 0 bridgehead atoms. The molecule has 1 aliphatic rings. The molecule has 0 radical (unpaired) electrons. The van der Waals surface area contributed by atoms with Gasteiger partial charge in [0, 0.05) is 17.6 Å². The van der Waals surface area contributed by atoms with Crippen LogP contribution in [0.2, 0.25) is 5.02 Å². The van der Waals surface area contributed by atoms with Crippen LogP contribution in [0.15, 0.2) is 41.3 Å². The monoisotopic (exact) mass is 522 g/mol. The number of carbonyl (C=O) groups is 3. The Morgan fingerprint density at radius 3 is 2.49 bits per heavy atom. The lowest BCUT2D eigenvalue weighted by molar-refractivity contribution is -0.144. The van der Waals surface area contributed by atoms with E-state index in [1.54, 1.807) is 45.0 Å². The third-order valence-electron chi connectivity index (χ3n) is 5.59. The first-order valence-electron chi connectivity index (χ1n) is 10.7. The van der Waals surface area contributed by atoms with Gasteiger partial charge in [-0.1, -0.05) is 23.7 Å². The fraction of sp³-hybridized carbons (Fsp3) is 0.391. The smallest absolute Gasteiger partial charge is 0.290 e. The van der Waals surface area contributed by atoms with Crippen molar-refractivity contribution in [1.82, 2.24) is 14.5 Å². The Morgan fingerprint density at radius 1 is 1.29 bits per heavy atom. The molecule has 0 aliphatic carbocycles. The number of halogens is 1. The zero-order valence-electron chi connectivity index (χ0n) is 19.5. The molecular weight excluding hydrogens is 496 g/mol. The number of amides is 2. The van der Waals surface area contributed by atoms with E-state index >= 15 is 0 Å². The Bertz CT molecular complexity index is 1240. The first-order chi connectivity index (χ1) is 16.5. The molecule has 2 aromatic carbocycles. The molecule has 0 unspecified atom stereocenters. The van der Waals surface area contributed by atoms with Gasteiger partial charge in [-0.05, 0) is 62.2 Å². The van der Waals surface area contributed by atoms with Crippen molar-refractivity contribution in [1.29, 1.82) is 5.26 Å². The van der Waals surface area contributed by atoms with E-state index in [4.69, 9.17) is 26.8 Å². The molecule has 188 valence electrons. The molecule has 1 aliphatic heterocycles. The van der Waals surface area contributed by atoms with Crippen molar-refractivity contribution in [2.75, 3.05) is 13.1 Å². The molecule has 10 nitrogen and oxygen atoms in total. The van der Waals surface area contributed by atoms with Crippen molar-refractivity contribution in [3.05, 3.63) is 41.4 Å². The summed E-state index contributed by atoms with van der Waals surface area (Å²) in [7, 11) is -3.95. The van der Waals surface area contributed by atoms with E-state index in [1.165, 1.54) is 21.9 Å². The lowest BCUT2D eigenvalue weighted by Crippen LogP contribution is -2.51. The summed E-state index contributed by atoms with van der Waals surface area (Å²) in [6.45, 7) is 5.10. The van der Waals surface area contributed by atoms with Crippen molar-refractivity contribution < 1.29 is 27.9 Å². The van der Waals surface area contributed by atoms with Gasteiger partial charge in [-0.15, -0.1) is 0 Å². The van der Waals surface area contributed by atoms with Gasteiger partial charge >= 0.3 is 0 Å². The normalized spacial score (nSPS) is 16.4. The summed E-state index contributed by atoms with van der Waals surface area (Å²) in [6.07, 6.45) is 0.249. The highest BCUT2D eigenvalue weighted by atomic mass is 35.5. The molecule has 1 heterocycles. The Balaban J connectivity index is 0.00000137. The van der Waals surface area contributed by atoms with Crippen molar-refractivity contribution >= 4 is 50.7 Å². The van der Waals surface area contributed by atoms with E-state index in [1.807, 2.05) is 6.07 Å². The standard InChI is InChI=1S/C22H25ClN4O4S.CH2O2/c1-14(2)26(11-9-24)21(28)15(3)27-10-8-20(22(27)29)25-32(30,31)19-7-5-16-12-18(23)6-4-17(16)13-19;2-1-3/h4-7,12-15,20,25H,8,10-11H2,1-3H3;1H,(H,2,3)/t15-,20-;/m0./s1. The Hall–Kier alpha value is -3.20. The van der Waals surface area contributed by atoms with Crippen LogP contribution in [-0.4, -0.2) is 72.8 Å². The quantitative estimate of drug-likeness (QED) is 0.418. The molecule has 0 spiro atoms. The van der Waals surface area contributed by atoms with Gasteiger partial charge in [-0.2, -0.15) is 9.98 Å². The van der Waals surface area contributed by atoms with Gasteiger partial charge in [0.15, 0.2) is 0 Å². The minimum absolute atomic E-state index is 0.0442. The van der Waals surface area contributed by atoms with Crippen LogP contribution in [0.1, 0.15) is 27.2 Å². The second-order valence-corrected chi connectivity index (χ2v) is 10.3. The summed E-state index contributed by atoms with van der Waals surface area (Å²) >= 11 is 5.98. The molecule has 12 heteroatoms. The zero-order chi connectivity index (χ0) is 26.3. The number of nitriles is 1. The van der Waals surface area contributed by atoms with E-state index in [0.29, 0.717) is 10.4 Å². The van der Waals surface area contributed by atoms with Crippen LogP contribution in [0.5, 0.6) is 0 Å². The second kappa shape index (κ2) is 12.0. The maximum atomic E-state index is 12.9. The average molecular weight is 523 g/mol. The lowest BCUT2D eigenvalue weighted by atomic mass is 10.1. The number of carboxylic acid groups (broad SMARTS) is 1. The number of likely N-dealkylation sites (tertiary alicyclic amines) is 1. The Kier molecular flexibility index (Phi) is 9.59. The first kappa shape index (κ1) is 28.0. The number of nitrogens with zero attached hydrogens (tertiary/aromatic N) is 3. The lowest BCUT2D eigenvalue weighted by Gasteiger charge is -2.31. The molecule has 2 N–H and O–H groups in total. The van der Waals surface area contributed by atoms with Gasteiger partial charge in [0.2, 0.25) is 21.8 Å². The first-order valence-corrected chi connectivity index (χ1v) is 12.6. The zero-order valence-corrected chi connectivity index (χ0v) is 21.1. The van der Waals surface area contributed by atoms with Crippen molar-refractivity contribution in [3.63, 3.8) is 0 Å². The van der Waals surface area contributed by atoms with Crippen molar-refractivity contribution in [3.8, 4) is 6.07 Å². The number of hydrogen-bond donors (Lipinski definition) is 2. The van der Waals surface area contributed by atoms with Gasteiger partial charge in [0.25, 0.3) is 6.47 Å². The number of sulfonamides is 1. The highest BCUT2D eigenvalue weighted by Gasteiger charge is 2.40. The highest BCUT2D eigenvalue weighted by molar-refractivity contribution is 7.89. The maximum absolute atomic E-state index is 12.9. The summed E-state index contributed by atoms with van der Waals surface area (Å²) in [6, 6.07) is 9.82. The van der Waals surface area contributed by atoms with E-state index in [9.17, 15) is 18.0 Å². The fourth-order valence-electron chi connectivity index (χ4n) is 3.78. The Labute approximate surface area is 209 Å². The molecule has 1 saturated heterocycles. The number of carbonyl (C=O) groups excluding carboxylic acids is 2. The van der Waals surface area contributed by atoms with Gasteiger partial charge in [-0.25, -0.2) is 8.42 Å². The number of fused-ring (bicyclic) bond motifs is 1. The summed E-state index contributed by atoms with van der Waals surface area (Å²) < 4.78 is 28.3. The molecule has 1 fully saturated rings. The number of hydrogen-bond acceptors (Lipinski definition) is 6. The predicted molar refractivity (Wildman–Crippen MR) is 130 cm³/mol. The van der Waals surface area contributed by atoms with Crippen LogP contribution in [0, 0.1) is 11.3 Å². The number of rotatable bonds is 7. The van der Waals surface area contributed by atoms with Gasteiger partial charge < -0.3 is 14.9 Å². The third-order valence-corrected chi connectivity index (χ3v) is 7.30. The molecule has 2 aromatic rings. The van der Waals surface area contributed by atoms with Crippen LogP contribution in [0.4, 0.5) is 0 Å². The van der Waals surface area contributed by atoms with E-state index in [2.05, 4.69) is 4.72 Å². The van der Waals surface area contributed by atoms with E-state index < -0.39 is 28.0 Å². The molecule has 3 rings (SSSR count). The third kappa shape index (κ3) is 6.69. The molecule has 0 saturated carbocycles. The van der Waals surface area contributed by atoms with Crippen molar-refractivity contribution in [2.45, 2.75) is 50.2 Å². The maximum Gasteiger partial charge on any atom is 0.290 e. The van der Waals surface area contributed by atoms with E-state index in [0.717, 1.165) is 5.39 Å². The van der Waals surface area contributed by atoms with Gasteiger partial charge in [0.1, 0.15) is 18.6 Å². The Morgan fingerprint density at radius 2 is 1.89 bits per heavy atom. The largest absolute Gasteiger partial charge is 0.483 e. The molecular formula is C23H27ClN4O6S. The van der Waals surface area contributed by atoms with E-state index in [-0.39, 0.29) is 42.8 Å². The van der Waals surface area contributed by atoms with Crippen LogP contribution in [-0.2, 0) is 24.4 Å². The molecule has 0 aromatic heterocycles. The van der Waals surface area contributed by atoms with Crippen LogP contribution >= 0.6 is 11.6 Å². The fourth-order valence-corrected chi connectivity index (χ4v) is 5.22. The van der Waals surface area contributed by atoms with Crippen LogP contribution in [0.25, 0.3) is 10.8 Å². The van der Waals surface area contributed by atoms with Gasteiger partial charge in [0.05, 0.1) is 11.0 Å². The summed E-state index contributed by atoms with van der Waals surface area (Å²) in [5.41, 5.74) is 0. The molecule has 35 heavy (non-hydrogen) atoms. The summed E-state index contributed by atoms with van der Waals surface area (Å²) in [4.78, 5) is 36.9. The molecule has 2 amide bonds. The molecule has 2 atom stereocenters. The topological polar surface area (TPSA) is 148 Å². The minimum Gasteiger partial charge on any atom is -0.483 e. The second-order valence-electron chi connectivity index (χ2n) is 8.15. The summed E-state index contributed by atoms with van der Waals surface area (Å²) in [5, 5.41) is 17.9. The predicted octanol–water partition coefficient (Wildman–Crippen LogP) is 2.22. The highest BCUT2D eigenvalue weighted by Crippen LogP contribution is 2.24. The average Bonchev–Trinajstić information content (AvgIpc) is 3.15. The van der Waals surface area contributed by atoms with Crippen LogP contribution < -0.4 is 4.72 Å². The van der Waals surface area contributed by atoms with Crippen molar-refractivity contribution in [2.24, 2.45) is 0 Å². The van der Waals surface area contributed by atoms with Gasteiger partial charge in [-0.3, -0.25) is 14.4 Å².